The summed E-state index contributed by atoms with van der Waals surface area (Å²) < 4.78 is 18.7. The number of methoxy groups -OCH3 is 2. The lowest BCUT2D eigenvalue weighted by molar-refractivity contribution is 0.354. The van der Waals surface area contributed by atoms with Crippen LogP contribution in [0.5, 0.6) is 11.5 Å². The molecule has 0 aliphatic heterocycles. The van der Waals surface area contributed by atoms with Gasteiger partial charge >= 0.3 is 0 Å². The molecule has 0 atom stereocenters. The lowest BCUT2D eigenvalue weighted by Gasteiger charge is -2.09. The minimum absolute atomic E-state index is 0.633. The van der Waals surface area contributed by atoms with E-state index >= 15 is 0 Å². The Bertz CT molecular complexity index is 1200. The molecule has 0 unspecified atom stereocenters. The van der Waals surface area contributed by atoms with Gasteiger partial charge in [-0.15, -0.1) is 11.3 Å². The minimum atomic E-state index is 0.633. The van der Waals surface area contributed by atoms with E-state index in [1.807, 2.05) is 60.8 Å². The highest BCUT2D eigenvalue weighted by molar-refractivity contribution is 7.07. The van der Waals surface area contributed by atoms with Gasteiger partial charge in [0.2, 0.25) is 4.80 Å². The van der Waals surface area contributed by atoms with Gasteiger partial charge < -0.3 is 13.9 Å². The van der Waals surface area contributed by atoms with E-state index in [1.165, 1.54) is 11.3 Å². The van der Waals surface area contributed by atoms with Crippen LogP contribution in [0.15, 0.2) is 68.4 Å². The fourth-order valence-corrected chi connectivity index (χ4v) is 3.95. The molecular weight excluding hydrogens is 386 g/mol. The highest BCUT2D eigenvalue weighted by Gasteiger charge is 2.13. The number of hydrogen-bond donors (Lipinski definition) is 0. The van der Waals surface area contributed by atoms with Gasteiger partial charge in [0, 0.05) is 22.9 Å². The van der Waals surface area contributed by atoms with Crippen molar-refractivity contribution in [3.63, 3.8) is 0 Å². The summed E-state index contributed by atoms with van der Waals surface area (Å²) in [5.74, 6) is 2.03. The highest BCUT2D eigenvalue weighted by Crippen LogP contribution is 2.30. The fraction of sp³-hybridized carbons (Fsp3) is 0.182. The summed E-state index contributed by atoms with van der Waals surface area (Å²) in [5, 5.41) is 7.75. The zero-order valence-electron chi connectivity index (χ0n) is 16.5. The Balaban J connectivity index is 1.82. The average molecular weight is 407 g/mol. The van der Waals surface area contributed by atoms with Crippen molar-refractivity contribution in [1.29, 1.82) is 0 Å². The van der Waals surface area contributed by atoms with Crippen LogP contribution in [0, 0.1) is 0 Å². The molecule has 2 heterocycles. The topological polar surface area (TPSA) is 61.2 Å². The number of nitrogens with zero attached hydrogens (tertiary/aromatic N) is 3. The van der Waals surface area contributed by atoms with E-state index in [0.29, 0.717) is 18.0 Å². The Kier molecular flexibility index (Phi) is 5.48. The second-order valence-electron chi connectivity index (χ2n) is 6.17. The van der Waals surface area contributed by atoms with Crippen LogP contribution < -0.4 is 14.3 Å². The van der Waals surface area contributed by atoms with Crippen molar-refractivity contribution < 1.29 is 13.9 Å². The first-order chi connectivity index (χ1) is 14.2. The number of ether oxygens (including phenoxy) is 2. The molecule has 4 aromatic rings. The molecule has 0 aliphatic rings. The third-order valence-electron chi connectivity index (χ3n) is 4.40. The molecule has 0 saturated carbocycles. The number of para-hydroxylation sites is 2. The largest absolute Gasteiger partial charge is 0.493 e. The summed E-state index contributed by atoms with van der Waals surface area (Å²) in [5.41, 5.74) is 2.49. The number of fused-ring (bicyclic) bond motifs is 1. The van der Waals surface area contributed by atoms with Gasteiger partial charge in [0.25, 0.3) is 0 Å². The van der Waals surface area contributed by atoms with Crippen LogP contribution in [-0.4, -0.2) is 31.7 Å². The van der Waals surface area contributed by atoms with E-state index in [2.05, 4.69) is 4.99 Å². The molecule has 0 saturated heterocycles. The highest BCUT2D eigenvalue weighted by atomic mass is 32.1. The monoisotopic (exact) mass is 407 g/mol. The molecular formula is C22H21N3O3S. The molecule has 148 valence electrons. The van der Waals surface area contributed by atoms with E-state index in [0.717, 1.165) is 32.8 Å². The molecule has 2 aromatic carbocycles. The van der Waals surface area contributed by atoms with Crippen molar-refractivity contribution in [2.75, 3.05) is 20.8 Å². The molecule has 29 heavy (non-hydrogen) atoms. The lowest BCUT2D eigenvalue weighted by atomic mass is 10.2. The van der Waals surface area contributed by atoms with E-state index in [4.69, 9.17) is 19.0 Å². The smallest absolute Gasteiger partial charge is 0.206 e. The van der Waals surface area contributed by atoms with E-state index < -0.39 is 0 Å². The van der Waals surface area contributed by atoms with Crippen molar-refractivity contribution in [2.45, 2.75) is 6.92 Å². The average Bonchev–Trinajstić information content (AvgIpc) is 3.35. The molecule has 7 heteroatoms. The van der Waals surface area contributed by atoms with E-state index in [-0.39, 0.29) is 0 Å². The molecule has 0 fully saturated rings. The van der Waals surface area contributed by atoms with Crippen LogP contribution in [0.2, 0.25) is 0 Å². The quantitative estimate of drug-likeness (QED) is 0.432. The third kappa shape index (κ3) is 3.69. The maximum Gasteiger partial charge on any atom is 0.206 e. The third-order valence-corrected chi connectivity index (χ3v) is 5.26. The maximum absolute atomic E-state index is 6.05. The second-order valence-corrected chi connectivity index (χ2v) is 7.00. The second kappa shape index (κ2) is 8.36. The summed E-state index contributed by atoms with van der Waals surface area (Å²) >= 11 is 1.52. The standard InChI is InChI=1S/C22H21N3O3S/c1-4-23-22-25(24-13-16-9-7-11-19(26-2)21(16)27-3)17(14-29-22)20-12-15-8-5-6-10-18(15)28-20/h5-14H,4H2,1-3H3. The molecule has 0 N–H and O–H groups in total. The molecule has 2 aromatic heterocycles. The van der Waals surface area contributed by atoms with Crippen LogP contribution in [0.3, 0.4) is 0 Å². The van der Waals surface area contributed by atoms with Gasteiger partial charge in [-0.2, -0.15) is 5.10 Å². The predicted molar refractivity (Wildman–Crippen MR) is 116 cm³/mol. The van der Waals surface area contributed by atoms with Gasteiger partial charge in [0.05, 0.1) is 20.4 Å². The lowest BCUT2D eigenvalue weighted by Crippen LogP contribution is -2.12. The molecule has 0 amide bonds. The van der Waals surface area contributed by atoms with Crippen LogP contribution in [0.25, 0.3) is 22.4 Å². The van der Waals surface area contributed by atoms with Crippen molar-refractivity contribution in [3.05, 3.63) is 64.3 Å². The van der Waals surface area contributed by atoms with Gasteiger partial charge in [-0.05, 0) is 31.2 Å². The van der Waals surface area contributed by atoms with Gasteiger partial charge in [-0.25, -0.2) is 4.68 Å². The molecule has 6 nitrogen and oxygen atoms in total. The fourth-order valence-electron chi connectivity index (χ4n) is 3.07. The summed E-state index contributed by atoms with van der Waals surface area (Å²) in [6, 6.07) is 15.6. The molecule has 0 bridgehead atoms. The van der Waals surface area contributed by atoms with E-state index in [1.54, 1.807) is 25.1 Å². The first kappa shape index (κ1) is 19.0. The molecule has 0 spiro atoms. The molecule has 0 radical (unpaired) electrons. The summed E-state index contributed by atoms with van der Waals surface area (Å²) in [7, 11) is 3.23. The number of rotatable bonds is 6. The van der Waals surface area contributed by atoms with Gasteiger partial charge in [0.15, 0.2) is 17.3 Å². The summed E-state index contributed by atoms with van der Waals surface area (Å²) in [6.07, 6.45) is 1.74. The summed E-state index contributed by atoms with van der Waals surface area (Å²) in [6.45, 7) is 2.66. The predicted octanol–water partition coefficient (Wildman–Crippen LogP) is 4.78. The van der Waals surface area contributed by atoms with Crippen molar-refractivity contribution in [3.8, 4) is 23.0 Å². The Morgan fingerprint density at radius 1 is 1.10 bits per heavy atom. The summed E-state index contributed by atoms with van der Waals surface area (Å²) in [4.78, 5) is 5.36. The maximum atomic E-state index is 6.05. The van der Waals surface area contributed by atoms with Crippen LogP contribution in [0.4, 0.5) is 0 Å². The van der Waals surface area contributed by atoms with Crippen LogP contribution in [0.1, 0.15) is 12.5 Å². The zero-order chi connectivity index (χ0) is 20.2. The molecule has 4 rings (SSSR count). The number of aromatic nitrogens is 1. The Hall–Kier alpha value is -3.32. The van der Waals surface area contributed by atoms with Crippen molar-refractivity contribution in [1.82, 2.24) is 4.68 Å². The van der Waals surface area contributed by atoms with Crippen LogP contribution >= 0.6 is 11.3 Å². The van der Waals surface area contributed by atoms with Gasteiger partial charge in [0.1, 0.15) is 11.3 Å². The number of thiazole rings is 1. The SMILES string of the molecule is CCN=c1scc(-c2cc3ccccc3o2)n1N=Cc1cccc(OC)c1OC. The van der Waals surface area contributed by atoms with Crippen molar-refractivity contribution >= 4 is 28.5 Å². The Morgan fingerprint density at radius 3 is 2.72 bits per heavy atom. The Morgan fingerprint density at radius 2 is 1.97 bits per heavy atom. The van der Waals surface area contributed by atoms with Crippen molar-refractivity contribution in [2.24, 2.45) is 10.1 Å². The number of hydrogen-bond acceptors (Lipinski definition) is 6. The first-order valence-electron chi connectivity index (χ1n) is 9.20. The molecule has 0 aliphatic carbocycles. The number of furan rings is 1. The zero-order valence-corrected chi connectivity index (χ0v) is 17.3. The number of benzene rings is 2. The van der Waals surface area contributed by atoms with E-state index in [9.17, 15) is 0 Å². The van der Waals surface area contributed by atoms with Gasteiger partial charge in [-0.3, -0.25) is 4.99 Å². The Labute approximate surface area is 172 Å². The minimum Gasteiger partial charge on any atom is -0.493 e. The first-order valence-corrected chi connectivity index (χ1v) is 10.1. The normalized spacial score (nSPS) is 12.2. The van der Waals surface area contributed by atoms with Crippen LogP contribution in [-0.2, 0) is 0 Å². The van der Waals surface area contributed by atoms with Gasteiger partial charge in [-0.1, -0.05) is 24.3 Å².